The van der Waals surface area contributed by atoms with E-state index >= 15 is 0 Å². The molecule has 18 heavy (non-hydrogen) atoms. The Bertz CT molecular complexity index is 555. The van der Waals surface area contributed by atoms with Crippen molar-refractivity contribution in [2.75, 3.05) is 13.2 Å². The van der Waals surface area contributed by atoms with Crippen molar-refractivity contribution in [1.29, 1.82) is 0 Å². The fourth-order valence-electron chi connectivity index (χ4n) is 2.45. The molecule has 1 aromatic carbocycles. The van der Waals surface area contributed by atoms with Crippen molar-refractivity contribution in [3.05, 3.63) is 59.0 Å². The molecule has 3 nitrogen and oxygen atoms in total. The first-order valence-electron chi connectivity index (χ1n) is 6.19. The minimum absolute atomic E-state index is 0.126. The van der Waals surface area contributed by atoms with Gasteiger partial charge in [-0.3, -0.25) is 0 Å². The van der Waals surface area contributed by atoms with Crippen LogP contribution in [0.5, 0.6) is 0 Å². The SMILES string of the molecule is Cc1ccc(C2(c3cccc(CN)c3)COC2)o1. The van der Waals surface area contributed by atoms with E-state index in [2.05, 4.69) is 12.1 Å². The molecule has 0 aliphatic carbocycles. The fourth-order valence-corrected chi connectivity index (χ4v) is 2.45. The molecule has 1 fully saturated rings. The van der Waals surface area contributed by atoms with E-state index in [1.165, 1.54) is 5.56 Å². The highest BCUT2D eigenvalue weighted by atomic mass is 16.5. The number of ether oxygens (including phenoxy) is 1. The number of nitrogens with two attached hydrogens (primary N) is 1. The highest BCUT2D eigenvalue weighted by Crippen LogP contribution is 2.40. The molecule has 0 unspecified atom stereocenters. The van der Waals surface area contributed by atoms with Gasteiger partial charge >= 0.3 is 0 Å². The zero-order valence-electron chi connectivity index (χ0n) is 10.5. The van der Waals surface area contributed by atoms with Crippen LogP contribution in [0.2, 0.25) is 0 Å². The third-order valence-electron chi connectivity index (χ3n) is 3.62. The van der Waals surface area contributed by atoms with Crippen molar-refractivity contribution in [2.45, 2.75) is 18.9 Å². The van der Waals surface area contributed by atoms with E-state index in [9.17, 15) is 0 Å². The maximum atomic E-state index is 5.81. The Morgan fingerprint density at radius 1 is 1.22 bits per heavy atom. The summed E-state index contributed by atoms with van der Waals surface area (Å²) >= 11 is 0. The summed E-state index contributed by atoms with van der Waals surface area (Å²) in [6, 6.07) is 12.4. The Hall–Kier alpha value is -1.58. The Morgan fingerprint density at radius 2 is 2.06 bits per heavy atom. The number of benzene rings is 1. The van der Waals surface area contributed by atoms with Crippen molar-refractivity contribution in [1.82, 2.24) is 0 Å². The van der Waals surface area contributed by atoms with E-state index in [0.29, 0.717) is 19.8 Å². The molecular weight excluding hydrogens is 226 g/mol. The van der Waals surface area contributed by atoms with Crippen LogP contribution in [-0.2, 0) is 16.7 Å². The highest BCUT2D eigenvalue weighted by Gasteiger charge is 2.44. The molecule has 1 aliphatic heterocycles. The quantitative estimate of drug-likeness (QED) is 0.900. The van der Waals surface area contributed by atoms with E-state index in [0.717, 1.165) is 17.1 Å². The molecule has 1 saturated heterocycles. The molecule has 0 atom stereocenters. The van der Waals surface area contributed by atoms with Crippen LogP contribution in [-0.4, -0.2) is 13.2 Å². The lowest BCUT2D eigenvalue weighted by molar-refractivity contribution is -0.0478. The predicted octanol–water partition coefficient (Wildman–Crippen LogP) is 2.36. The summed E-state index contributed by atoms with van der Waals surface area (Å²) in [5.41, 5.74) is 7.95. The van der Waals surface area contributed by atoms with Gasteiger partial charge in [-0.1, -0.05) is 24.3 Å². The van der Waals surface area contributed by atoms with E-state index < -0.39 is 0 Å². The van der Waals surface area contributed by atoms with Gasteiger partial charge in [0.05, 0.1) is 18.6 Å². The van der Waals surface area contributed by atoms with Crippen LogP contribution < -0.4 is 5.73 Å². The van der Waals surface area contributed by atoms with E-state index in [-0.39, 0.29) is 5.41 Å². The van der Waals surface area contributed by atoms with Crippen LogP contribution >= 0.6 is 0 Å². The second-order valence-corrected chi connectivity index (χ2v) is 4.89. The molecule has 3 heteroatoms. The molecule has 1 aliphatic rings. The first kappa shape index (κ1) is 11.5. The summed E-state index contributed by atoms with van der Waals surface area (Å²) in [7, 11) is 0. The summed E-state index contributed by atoms with van der Waals surface area (Å²) in [4.78, 5) is 0. The van der Waals surface area contributed by atoms with Gasteiger partial charge in [0.25, 0.3) is 0 Å². The number of hydrogen-bond acceptors (Lipinski definition) is 3. The molecule has 94 valence electrons. The molecule has 1 aromatic heterocycles. The maximum absolute atomic E-state index is 5.81. The van der Waals surface area contributed by atoms with Gasteiger partial charge in [0, 0.05) is 6.54 Å². The molecular formula is C15H17NO2. The molecule has 0 spiro atoms. The highest BCUT2D eigenvalue weighted by molar-refractivity contribution is 5.40. The monoisotopic (exact) mass is 243 g/mol. The molecule has 2 aromatic rings. The molecule has 0 bridgehead atoms. The normalized spacial score (nSPS) is 17.4. The first-order chi connectivity index (χ1) is 8.74. The standard InChI is InChI=1S/C15H17NO2/c1-11-5-6-14(18-11)15(9-17-10-15)13-4-2-3-12(7-13)8-16/h2-7H,8-10,16H2,1H3. The van der Waals surface area contributed by atoms with E-state index in [1.807, 2.05) is 31.2 Å². The summed E-state index contributed by atoms with van der Waals surface area (Å²) < 4.78 is 11.2. The summed E-state index contributed by atoms with van der Waals surface area (Å²) in [5.74, 6) is 1.92. The van der Waals surface area contributed by atoms with Crippen molar-refractivity contribution in [2.24, 2.45) is 5.73 Å². The molecule has 0 saturated carbocycles. The second-order valence-electron chi connectivity index (χ2n) is 4.89. The minimum Gasteiger partial charge on any atom is -0.465 e. The zero-order valence-corrected chi connectivity index (χ0v) is 10.5. The molecule has 0 amide bonds. The minimum atomic E-state index is -0.126. The Kier molecular flexibility index (Phi) is 2.73. The van der Waals surface area contributed by atoms with Crippen molar-refractivity contribution in [3.8, 4) is 0 Å². The average molecular weight is 243 g/mol. The maximum Gasteiger partial charge on any atom is 0.119 e. The van der Waals surface area contributed by atoms with Gasteiger partial charge < -0.3 is 14.9 Å². The summed E-state index contributed by atoms with van der Waals surface area (Å²) in [6.45, 7) is 3.87. The Morgan fingerprint density at radius 3 is 2.61 bits per heavy atom. The van der Waals surface area contributed by atoms with Gasteiger partial charge in [0.15, 0.2) is 0 Å². The number of furan rings is 1. The van der Waals surface area contributed by atoms with Gasteiger partial charge in [0.1, 0.15) is 11.5 Å². The Labute approximate surface area is 107 Å². The number of aryl methyl sites for hydroxylation is 1. The van der Waals surface area contributed by atoms with E-state index in [4.69, 9.17) is 14.9 Å². The predicted molar refractivity (Wildman–Crippen MR) is 69.4 cm³/mol. The molecule has 3 rings (SSSR count). The van der Waals surface area contributed by atoms with Gasteiger partial charge in [0.2, 0.25) is 0 Å². The van der Waals surface area contributed by atoms with Crippen molar-refractivity contribution in [3.63, 3.8) is 0 Å². The second kappa shape index (κ2) is 4.26. The Balaban J connectivity index is 2.05. The van der Waals surface area contributed by atoms with Gasteiger partial charge in [-0.05, 0) is 30.2 Å². The first-order valence-corrected chi connectivity index (χ1v) is 6.19. The van der Waals surface area contributed by atoms with Crippen LogP contribution in [0.3, 0.4) is 0 Å². The van der Waals surface area contributed by atoms with Gasteiger partial charge in [-0.2, -0.15) is 0 Å². The van der Waals surface area contributed by atoms with Crippen molar-refractivity contribution >= 4 is 0 Å². The summed E-state index contributed by atoms with van der Waals surface area (Å²) in [6.07, 6.45) is 0. The number of hydrogen-bond donors (Lipinski definition) is 1. The fraction of sp³-hybridized carbons (Fsp3) is 0.333. The topological polar surface area (TPSA) is 48.4 Å². The molecule has 2 N–H and O–H groups in total. The van der Waals surface area contributed by atoms with Crippen LogP contribution in [0, 0.1) is 6.92 Å². The molecule has 2 heterocycles. The van der Waals surface area contributed by atoms with E-state index in [1.54, 1.807) is 0 Å². The lowest BCUT2D eigenvalue weighted by Crippen LogP contribution is -2.47. The van der Waals surface area contributed by atoms with Gasteiger partial charge in [-0.15, -0.1) is 0 Å². The zero-order chi connectivity index (χ0) is 12.6. The van der Waals surface area contributed by atoms with Crippen LogP contribution in [0.15, 0.2) is 40.8 Å². The van der Waals surface area contributed by atoms with Crippen LogP contribution in [0.4, 0.5) is 0 Å². The number of rotatable bonds is 3. The lowest BCUT2D eigenvalue weighted by atomic mass is 9.76. The largest absolute Gasteiger partial charge is 0.465 e. The van der Waals surface area contributed by atoms with Crippen LogP contribution in [0.1, 0.15) is 22.6 Å². The average Bonchev–Trinajstić information content (AvgIpc) is 2.75. The lowest BCUT2D eigenvalue weighted by Gasteiger charge is -2.40. The third-order valence-corrected chi connectivity index (χ3v) is 3.62. The van der Waals surface area contributed by atoms with Crippen molar-refractivity contribution < 1.29 is 9.15 Å². The van der Waals surface area contributed by atoms with Gasteiger partial charge in [-0.25, -0.2) is 0 Å². The summed E-state index contributed by atoms with van der Waals surface area (Å²) in [5, 5.41) is 0. The molecule has 0 radical (unpaired) electrons. The third kappa shape index (κ3) is 1.67. The smallest absolute Gasteiger partial charge is 0.119 e. The van der Waals surface area contributed by atoms with Crippen LogP contribution in [0.25, 0.3) is 0 Å².